The van der Waals surface area contributed by atoms with Crippen LogP contribution in [-0.4, -0.2) is 27.1 Å². The molecule has 1 aromatic rings. The van der Waals surface area contributed by atoms with Crippen LogP contribution in [0.3, 0.4) is 0 Å². The number of benzene rings is 1. The lowest BCUT2D eigenvalue weighted by molar-refractivity contribution is -0.121. The maximum atomic E-state index is 5.99. The SMILES string of the molecule is COC(COc1ccc(C)cc1Cl)OC. The van der Waals surface area contributed by atoms with Crippen LogP contribution in [0.5, 0.6) is 5.75 Å². The monoisotopic (exact) mass is 230 g/mol. The molecule has 0 aliphatic heterocycles. The Morgan fingerprint density at radius 1 is 1.27 bits per heavy atom. The van der Waals surface area contributed by atoms with Gasteiger partial charge in [0.15, 0.2) is 6.29 Å². The van der Waals surface area contributed by atoms with Crippen molar-refractivity contribution in [2.45, 2.75) is 13.2 Å². The Morgan fingerprint density at radius 2 is 1.93 bits per heavy atom. The maximum absolute atomic E-state index is 5.99. The molecule has 1 aromatic carbocycles. The summed E-state index contributed by atoms with van der Waals surface area (Å²) in [5.41, 5.74) is 1.10. The van der Waals surface area contributed by atoms with E-state index in [1.165, 1.54) is 0 Å². The standard InChI is InChI=1S/C11H15ClO3/c1-8-4-5-10(9(12)6-8)15-7-11(13-2)14-3/h4-6,11H,7H2,1-3H3. The fraction of sp³-hybridized carbons (Fsp3) is 0.455. The lowest BCUT2D eigenvalue weighted by Gasteiger charge is -2.15. The van der Waals surface area contributed by atoms with Gasteiger partial charge in [0.05, 0.1) is 5.02 Å². The van der Waals surface area contributed by atoms with Gasteiger partial charge in [-0.2, -0.15) is 0 Å². The second-order valence-electron chi connectivity index (χ2n) is 3.15. The van der Waals surface area contributed by atoms with E-state index in [1.807, 2.05) is 25.1 Å². The number of hydrogen-bond acceptors (Lipinski definition) is 3. The van der Waals surface area contributed by atoms with E-state index in [9.17, 15) is 0 Å². The summed E-state index contributed by atoms with van der Waals surface area (Å²) in [6, 6.07) is 5.63. The molecule has 84 valence electrons. The Kier molecular flexibility index (Phi) is 4.88. The molecule has 3 nitrogen and oxygen atoms in total. The van der Waals surface area contributed by atoms with Crippen molar-refractivity contribution in [3.8, 4) is 5.75 Å². The molecule has 0 spiro atoms. The molecule has 0 aromatic heterocycles. The highest BCUT2D eigenvalue weighted by Crippen LogP contribution is 2.25. The smallest absolute Gasteiger partial charge is 0.191 e. The fourth-order valence-corrected chi connectivity index (χ4v) is 1.40. The molecule has 0 unspecified atom stereocenters. The zero-order chi connectivity index (χ0) is 11.3. The van der Waals surface area contributed by atoms with Gasteiger partial charge in [0.1, 0.15) is 12.4 Å². The molecular formula is C11H15ClO3. The Hall–Kier alpha value is -0.770. The summed E-state index contributed by atoms with van der Waals surface area (Å²) in [5.74, 6) is 0.640. The minimum absolute atomic E-state index is 0.315. The van der Waals surface area contributed by atoms with E-state index in [4.69, 9.17) is 25.8 Å². The van der Waals surface area contributed by atoms with Crippen molar-refractivity contribution in [3.63, 3.8) is 0 Å². The molecule has 0 aliphatic rings. The first-order valence-corrected chi connectivity index (χ1v) is 4.99. The van der Waals surface area contributed by atoms with Crippen molar-refractivity contribution in [2.75, 3.05) is 20.8 Å². The quantitative estimate of drug-likeness (QED) is 0.728. The van der Waals surface area contributed by atoms with Crippen molar-refractivity contribution in [2.24, 2.45) is 0 Å². The molecule has 4 heteroatoms. The zero-order valence-corrected chi connectivity index (χ0v) is 9.88. The Morgan fingerprint density at radius 3 is 2.47 bits per heavy atom. The molecule has 0 saturated heterocycles. The van der Waals surface area contributed by atoms with Gasteiger partial charge in [0.25, 0.3) is 0 Å². The molecule has 0 N–H and O–H groups in total. The normalized spacial score (nSPS) is 10.7. The molecule has 0 atom stereocenters. The minimum atomic E-state index is -0.373. The predicted octanol–water partition coefficient (Wildman–Crippen LogP) is 2.65. The highest BCUT2D eigenvalue weighted by atomic mass is 35.5. The van der Waals surface area contributed by atoms with Crippen molar-refractivity contribution in [1.29, 1.82) is 0 Å². The number of ether oxygens (including phenoxy) is 3. The highest BCUT2D eigenvalue weighted by molar-refractivity contribution is 6.32. The van der Waals surface area contributed by atoms with Gasteiger partial charge in [-0.1, -0.05) is 17.7 Å². The first-order chi connectivity index (χ1) is 7.17. The molecule has 0 aliphatic carbocycles. The van der Waals surface area contributed by atoms with Crippen LogP contribution in [0.25, 0.3) is 0 Å². The second-order valence-corrected chi connectivity index (χ2v) is 3.55. The van der Waals surface area contributed by atoms with Crippen molar-refractivity contribution in [3.05, 3.63) is 28.8 Å². The summed E-state index contributed by atoms with van der Waals surface area (Å²) in [6.45, 7) is 2.29. The molecule has 0 saturated carbocycles. The lowest BCUT2D eigenvalue weighted by atomic mass is 10.2. The average molecular weight is 231 g/mol. The predicted molar refractivity (Wildman–Crippen MR) is 59.5 cm³/mol. The summed E-state index contributed by atoms with van der Waals surface area (Å²) in [4.78, 5) is 0. The van der Waals surface area contributed by atoms with E-state index in [1.54, 1.807) is 14.2 Å². The Labute approximate surface area is 94.9 Å². The summed E-state index contributed by atoms with van der Waals surface area (Å²) in [6.07, 6.45) is -0.373. The van der Waals surface area contributed by atoms with Gasteiger partial charge in [-0.3, -0.25) is 0 Å². The van der Waals surface area contributed by atoms with Gasteiger partial charge < -0.3 is 14.2 Å². The summed E-state index contributed by atoms with van der Waals surface area (Å²) in [7, 11) is 3.13. The van der Waals surface area contributed by atoms with Gasteiger partial charge in [-0.25, -0.2) is 0 Å². The van der Waals surface area contributed by atoms with Crippen molar-refractivity contribution >= 4 is 11.6 Å². The third-order valence-electron chi connectivity index (χ3n) is 1.99. The van der Waals surface area contributed by atoms with Crippen LogP contribution >= 0.6 is 11.6 Å². The van der Waals surface area contributed by atoms with Crippen LogP contribution in [0.2, 0.25) is 5.02 Å². The maximum Gasteiger partial charge on any atom is 0.191 e. The van der Waals surface area contributed by atoms with Crippen molar-refractivity contribution in [1.82, 2.24) is 0 Å². The zero-order valence-electron chi connectivity index (χ0n) is 9.12. The van der Waals surface area contributed by atoms with Gasteiger partial charge in [0.2, 0.25) is 0 Å². The number of halogens is 1. The largest absolute Gasteiger partial charge is 0.487 e. The summed E-state index contributed by atoms with van der Waals surface area (Å²) < 4.78 is 15.4. The number of methoxy groups -OCH3 is 2. The number of hydrogen-bond donors (Lipinski definition) is 0. The van der Waals surface area contributed by atoms with Crippen LogP contribution in [0, 0.1) is 6.92 Å². The summed E-state index contributed by atoms with van der Waals surface area (Å²) >= 11 is 5.99. The molecule has 0 amide bonds. The first kappa shape index (κ1) is 12.3. The van der Waals surface area contributed by atoms with Crippen molar-refractivity contribution < 1.29 is 14.2 Å². The van der Waals surface area contributed by atoms with E-state index in [0.717, 1.165) is 5.56 Å². The number of rotatable bonds is 5. The van der Waals surface area contributed by atoms with Gasteiger partial charge in [0, 0.05) is 14.2 Å². The third-order valence-corrected chi connectivity index (χ3v) is 2.28. The minimum Gasteiger partial charge on any atom is -0.487 e. The molecule has 0 bridgehead atoms. The van der Waals surface area contributed by atoms with Crippen LogP contribution in [0.15, 0.2) is 18.2 Å². The third kappa shape index (κ3) is 3.70. The second kappa shape index (κ2) is 5.95. The van der Waals surface area contributed by atoms with Crippen LogP contribution in [-0.2, 0) is 9.47 Å². The van der Waals surface area contributed by atoms with Gasteiger partial charge in [-0.05, 0) is 24.6 Å². The van der Waals surface area contributed by atoms with E-state index in [2.05, 4.69) is 0 Å². The fourth-order valence-electron chi connectivity index (χ4n) is 1.11. The van der Waals surface area contributed by atoms with E-state index in [0.29, 0.717) is 17.4 Å². The number of aryl methyl sites for hydroxylation is 1. The van der Waals surface area contributed by atoms with Crippen LogP contribution in [0.4, 0.5) is 0 Å². The lowest BCUT2D eigenvalue weighted by Crippen LogP contribution is -2.22. The molecule has 0 heterocycles. The first-order valence-electron chi connectivity index (χ1n) is 4.62. The topological polar surface area (TPSA) is 27.7 Å². The summed E-state index contributed by atoms with van der Waals surface area (Å²) in [5, 5.41) is 0.598. The van der Waals surface area contributed by atoms with Gasteiger partial charge in [-0.15, -0.1) is 0 Å². The molecule has 1 rings (SSSR count). The Bertz CT molecular complexity index is 311. The van der Waals surface area contributed by atoms with Gasteiger partial charge >= 0.3 is 0 Å². The molecule has 0 fully saturated rings. The average Bonchev–Trinajstić information content (AvgIpc) is 2.22. The highest BCUT2D eigenvalue weighted by Gasteiger charge is 2.07. The van der Waals surface area contributed by atoms with E-state index in [-0.39, 0.29) is 6.29 Å². The van der Waals surface area contributed by atoms with Crippen LogP contribution < -0.4 is 4.74 Å². The van der Waals surface area contributed by atoms with Crippen LogP contribution in [0.1, 0.15) is 5.56 Å². The molecule has 0 radical (unpaired) electrons. The van der Waals surface area contributed by atoms with E-state index < -0.39 is 0 Å². The molecule has 15 heavy (non-hydrogen) atoms. The van der Waals surface area contributed by atoms with E-state index >= 15 is 0 Å². The Balaban J connectivity index is 2.57. The molecular weight excluding hydrogens is 216 g/mol.